The van der Waals surface area contributed by atoms with E-state index < -0.39 is 0 Å². The average molecular weight is 330 g/mol. The van der Waals surface area contributed by atoms with Gasteiger partial charge in [-0.25, -0.2) is 4.98 Å². The minimum absolute atomic E-state index is 0.143. The second-order valence-electron chi connectivity index (χ2n) is 6.80. The van der Waals surface area contributed by atoms with E-state index in [1.165, 1.54) is 17.8 Å². The van der Waals surface area contributed by atoms with E-state index in [4.69, 9.17) is 0 Å². The number of hydrogen-bond donors (Lipinski definition) is 1. The van der Waals surface area contributed by atoms with Gasteiger partial charge in [0.2, 0.25) is 0 Å². The molecule has 2 aliphatic heterocycles. The number of hydrogen-bond acceptors (Lipinski definition) is 4. The third-order valence-electron chi connectivity index (χ3n) is 5.14. The first-order chi connectivity index (χ1) is 11.2. The maximum absolute atomic E-state index is 12.5. The molecule has 0 bridgehead atoms. The van der Waals surface area contributed by atoms with Gasteiger partial charge in [-0.2, -0.15) is 0 Å². The van der Waals surface area contributed by atoms with Crippen molar-refractivity contribution >= 4 is 17.2 Å². The molecule has 1 atom stereocenters. The van der Waals surface area contributed by atoms with Crippen LogP contribution in [0, 0.1) is 5.41 Å². The number of nitrogens with one attached hydrogen (secondary N) is 1. The van der Waals surface area contributed by atoms with E-state index in [1.54, 1.807) is 11.3 Å². The molecular formula is C17H22N4OS. The van der Waals surface area contributed by atoms with Crippen molar-refractivity contribution in [2.75, 3.05) is 26.2 Å². The van der Waals surface area contributed by atoms with E-state index >= 15 is 0 Å². The molecule has 4 heterocycles. The van der Waals surface area contributed by atoms with Gasteiger partial charge < -0.3 is 9.88 Å². The molecule has 1 N–H and O–H groups in total. The number of piperidine rings is 1. The third-order valence-corrected chi connectivity index (χ3v) is 5.90. The molecule has 2 saturated heterocycles. The zero-order valence-corrected chi connectivity index (χ0v) is 14.0. The lowest BCUT2D eigenvalue weighted by atomic mass is 9.79. The summed E-state index contributed by atoms with van der Waals surface area (Å²) in [6, 6.07) is 3.75. The van der Waals surface area contributed by atoms with Crippen molar-refractivity contribution in [2.24, 2.45) is 5.41 Å². The standard InChI is InChI=1S/C17H22N4OS/c22-16(14-3-1-6-18-14)21-9-5-17(13-21)4-2-8-20(12-17)11-15-19-7-10-23-15/h1,3,6-7,10,18H,2,4-5,8-9,11-13H2/t17-/m1/s1. The Bertz CT molecular complexity index is 654. The zero-order valence-electron chi connectivity index (χ0n) is 13.2. The van der Waals surface area contributed by atoms with Crippen molar-refractivity contribution in [1.82, 2.24) is 19.8 Å². The number of thiazole rings is 1. The predicted octanol–water partition coefficient (Wildman–Crippen LogP) is 2.60. The molecule has 0 radical (unpaired) electrons. The topological polar surface area (TPSA) is 52.2 Å². The lowest BCUT2D eigenvalue weighted by Gasteiger charge is -2.40. The van der Waals surface area contributed by atoms with Gasteiger partial charge in [0.1, 0.15) is 10.7 Å². The Morgan fingerprint density at radius 2 is 2.30 bits per heavy atom. The van der Waals surface area contributed by atoms with Crippen molar-refractivity contribution in [3.8, 4) is 0 Å². The number of amides is 1. The number of aromatic amines is 1. The summed E-state index contributed by atoms with van der Waals surface area (Å²) in [6.07, 6.45) is 7.26. The molecule has 1 amide bonds. The van der Waals surface area contributed by atoms with Crippen molar-refractivity contribution in [3.05, 3.63) is 40.6 Å². The van der Waals surface area contributed by atoms with Crippen LogP contribution in [0.2, 0.25) is 0 Å². The normalized spacial score (nSPS) is 25.3. The van der Waals surface area contributed by atoms with Crippen LogP contribution < -0.4 is 0 Å². The van der Waals surface area contributed by atoms with Crippen LogP contribution in [0.1, 0.15) is 34.8 Å². The molecule has 0 aromatic carbocycles. The fraction of sp³-hybridized carbons (Fsp3) is 0.529. The Kier molecular flexibility index (Phi) is 3.95. The summed E-state index contributed by atoms with van der Waals surface area (Å²) in [5.74, 6) is 0.143. The Hall–Kier alpha value is -1.66. The van der Waals surface area contributed by atoms with Crippen LogP contribution in [0.15, 0.2) is 29.9 Å². The first kappa shape index (κ1) is 14.9. The molecule has 0 saturated carbocycles. The van der Waals surface area contributed by atoms with Gasteiger partial charge in [0, 0.05) is 42.8 Å². The van der Waals surface area contributed by atoms with Crippen LogP contribution in [0.5, 0.6) is 0 Å². The highest BCUT2D eigenvalue weighted by Gasteiger charge is 2.43. The van der Waals surface area contributed by atoms with Gasteiger partial charge in [-0.3, -0.25) is 9.69 Å². The molecule has 4 rings (SSSR count). The molecule has 23 heavy (non-hydrogen) atoms. The third kappa shape index (κ3) is 3.05. The smallest absolute Gasteiger partial charge is 0.270 e. The van der Waals surface area contributed by atoms with E-state index in [1.807, 2.05) is 34.8 Å². The summed E-state index contributed by atoms with van der Waals surface area (Å²) in [5, 5.41) is 3.24. The first-order valence-corrected chi connectivity index (χ1v) is 9.16. The Labute approximate surface area is 140 Å². The van der Waals surface area contributed by atoms with Crippen LogP contribution in [0.4, 0.5) is 0 Å². The summed E-state index contributed by atoms with van der Waals surface area (Å²) in [6.45, 7) is 4.94. The molecule has 5 nitrogen and oxygen atoms in total. The molecule has 122 valence electrons. The molecule has 6 heteroatoms. The Morgan fingerprint density at radius 3 is 3.09 bits per heavy atom. The monoisotopic (exact) mass is 330 g/mol. The van der Waals surface area contributed by atoms with Crippen LogP contribution in [0.3, 0.4) is 0 Å². The predicted molar refractivity (Wildman–Crippen MR) is 90.4 cm³/mol. The van der Waals surface area contributed by atoms with Crippen molar-refractivity contribution in [3.63, 3.8) is 0 Å². The highest BCUT2D eigenvalue weighted by molar-refractivity contribution is 7.09. The molecule has 2 fully saturated rings. The molecule has 0 unspecified atom stereocenters. The second-order valence-corrected chi connectivity index (χ2v) is 7.78. The maximum atomic E-state index is 12.5. The van der Waals surface area contributed by atoms with E-state index in [9.17, 15) is 4.79 Å². The number of carbonyl (C=O) groups excluding carboxylic acids is 1. The highest BCUT2D eigenvalue weighted by Crippen LogP contribution is 2.39. The van der Waals surface area contributed by atoms with E-state index in [0.717, 1.165) is 39.1 Å². The summed E-state index contributed by atoms with van der Waals surface area (Å²) in [4.78, 5) is 24.5. The van der Waals surface area contributed by atoms with Crippen LogP contribution in [-0.4, -0.2) is 51.9 Å². The number of nitrogens with zero attached hydrogens (tertiary/aromatic N) is 3. The van der Waals surface area contributed by atoms with Gasteiger partial charge in [0.25, 0.3) is 5.91 Å². The summed E-state index contributed by atoms with van der Waals surface area (Å²) < 4.78 is 0. The molecule has 2 aromatic rings. The number of rotatable bonds is 3. The number of likely N-dealkylation sites (tertiary alicyclic amines) is 2. The number of carbonyl (C=O) groups is 1. The van der Waals surface area contributed by atoms with Gasteiger partial charge >= 0.3 is 0 Å². The van der Waals surface area contributed by atoms with Crippen molar-refractivity contribution in [2.45, 2.75) is 25.8 Å². The molecule has 2 aliphatic rings. The largest absolute Gasteiger partial charge is 0.357 e. The molecular weight excluding hydrogens is 308 g/mol. The van der Waals surface area contributed by atoms with Gasteiger partial charge in [-0.05, 0) is 37.9 Å². The van der Waals surface area contributed by atoms with E-state index in [0.29, 0.717) is 5.69 Å². The quantitative estimate of drug-likeness (QED) is 0.941. The van der Waals surface area contributed by atoms with Gasteiger partial charge in [-0.15, -0.1) is 11.3 Å². The van der Waals surface area contributed by atoms with E-state index in [-0.39, 0.29) is 11.3 Å². The zero-order chi connectivity index (χ0) is 15.7. The average Bonchev–Trinajstić information content (AvgIpc) is 3.28. The maximum Gasteiger partial charge on any atom is 0.270 e. The van der Waals surface area contributed by atoms with Crippen molar-refractivity contribution in [1.29, 1.82) is 0 Å². The lowest BCUT2D eigenvalue weighted by Crippen LogP contribution is -2.45. The number of aromatic nitrogens is 2. The SMILES string of the molecule is O=C(c1ccc[nH]1)N1CC[C@@]2(CCCN(Cc3nccs3)C2)C1. The summed E-state index contributed by atoms with van der Waals surface area (Å²) >= 11 is 1.73. The van der Waals surface area contributed by atoms with Gasteiger partial charge in [0.15, 0.2) is 0 Å². The summed E-state index contributed by atoms with van der Waals surface area (Å²) in [5.41, 5.74) is 0.982. The molecule has 2 aromatic heterocycles. The highest BCUT2D eigenvalue weighted by atomic mass is 32.1. The van der Waals surface area contributed by atoms with Crippen molar-refractivity contribution < 1.29 is 4.79 Å². The molecule has 0 aliphatic carbocycles. The fourth-order valence-electron chi connectivity index (χ4n) is 4.04. The van der Waals surface area contributed by atoms with Gasteiger partial charge in [-0.1, -0.05) is 0 Å². The lowest BCUT2D eigenvalue weighted by molar-refractivity contribution is 0.0671. The van der Waals surface area contributed by atoms with Gasteiger partial charge in [0.05, 0.1) is 6.54 Å². The number of H-pyrrole nitrogens is 1. The van der Waals surface area contributed by atoms with Crippen LogP contribution in [0.25, 0.3) is 0 Å². The second kappa shape index (κ2) is 6.09. The van der Waals surface area contributed by atoms with Crippen LogP contribution >= 0.6 is 11.3 Å². The van der Waals surface area contributed by atoms with Crippen LogP contribution in [-0.2, 0) is 6.54 Å². The Balaban J connectivity index is 1.41. The first-order valence-electron chi connectivity index (χ1n) is 8.28. The Morgan fingerprint density at radius 1 is 1.35 bits per heavy atom. The van der Waals surface area contributed by atoms with E-state index in [2.05, 4.69) is 14.9 Å². The fourth-order valence-corrected chi connectivity index (χ4v) is 4.70. The minimum atomic E-state index is 0.143. The minimum Gasteiger partial charge on any atom is -0.357 e. The molecule has 1 spiro atoms. The summed E-state index contributed by atoms with van der Waals surface area (Å²) in [7, 11) is 0.